The fourth-order valence-electron chi connectivity index (χ4n) is 1.44. The van der Waals surface area contributed by atoms with Crippen molar-refractivity contribution < 1.29 is 13.3 Å². The highest BCUT2D eigenvalue weighted by molar-refractivity contribution is 7.89. The lowest BCUT2D eigenvalue weighted by Gasteiger charge is -2.18. The maximum Gasteiger partial charge on any atom is 0.270 e. The van der Waals surface area contributed by atoms with Gasteiger partial charge in [-0.25, -0.2) is 13.1 Å². The van der Waals surface area contributed by atoms with Crippen molar-refractivity contribution in [1.29, 1.82) is 0 Å². The van der Waals surface area contributed by atoms with E-state index in [1.807, 2.05) is 13.8 Å². The average molecular weight is 286 g/mol. The molecule has 0 fully saturated rings. The fraction of sp³-hybridized carbons (Fsp3) is 0.500. The van der Waals surface area contributed by atoms with Gasteiger partial charge in [-0.15, -0.1) is 0 Å². The number of nitro benzene ring substituents is 1. The number of aryl methyl sites for hydroxylation is 1. The summed E-state index contributed by atoms with van der Waals surface area (Å²) in [6.45, 7) is 7.16. The molecule has 1 rings (SSSR count). The van der Waals surface area contributed by atoms with E-state index in [-0.39, 0.29) is 22.5 Å². The second-order valence-corrected chi connectivity index (χ2v) is 6.54. The highest BCUT2D eigenvalue weighted by atomic mass is 32.2. The molecule has 0 heterocycles. The smallest absolute Gasteiger partial charge is 0.258 e. The summed E-state index contributed by atoms with van der Waals surface area (Å²) < 4.78 is 26.9. The van der Waals surface area contributed by atoms with Gasteiger partial charge in [0.2, 0.25) is 10.0 Å². The van der Waals surface area contributed by atoms with Crippen LogP contribution in [0.15, 0.2) is 23.1 Å². The van der Waals surface area contributed by atoms with Gasteiger partial charge in [-0.3, -0.25) is 10.1 Å². The maximum absolute atomic E-state index is 12.2. The van der Waals surface area contributed by atoms with Gasteiger partial charge < -0.3 is 0 Å². The van der Waals surface area contributed by atoms with Crippen molar-refractivity contribution in [3.05, 3.63) is 33.9 Å². The molecule has 0 saturated carbocycles. The molecule has 1 aromatic carbocycles. The normalized spacial score (nSPS) is 13.5. The van der Waals surface area contributed by atoms with Gasteiger partial charge in [-0.05, 0) is 25.3 Å². The van der Waals surface area contributed by atoms with E-state index in [0.29, 0.717) is 5.56 Å². The highest BCUT2D eigenvalue weighted by Crippen LogP contribution is 2.22. The molecule has 0 spiro atoms. The minimum Gasteiger partial charge on any atom is -0.258 e. The summed E-state index contributed by atoms with van der Waals surface area (Å²) in [5.41, 5.74) is 0.247. The Labute approximate surface area is 113 Å². The Bertz CT molecular complexity index is 581. The number of nitrogens with one attached hydrogen (secondary N) is 1. The molecule has 0 bridgehead atoms. The Morgan fingerprint density at radius 2 is 1.84 bits per heavy atom. The Kier molecular flexibility index (Phi) is 4.65. The summed E-state index contributed by atoms with van der Waals surface area (Å²) in [7, 11) is -3.75. The number of rotatable bonds is 5. The van der Waals surface area contributed by atoms with Crippen LogP contribution in [0.3, 0.4) is 0 Å². The first kappa shape index (κ1) is 15.6. The summed E-state index contributed by atoms with van der Waals surface area (Å²) in [5, 5.41) is 10.7. The molecule has 7 heteroatoms. The minimum atomic E-state index is -3.75. The third-order valence-electron chi connectivity index (χ3n) is 3.01. The lowest BCUT2D eigenvalue weighted by atomic mass is 10.1. The molecule has 1 atom stereocenters. The average Bonchev–Trinajstić information content (AvgIpc) is 2.28. The first-order valence-electron chi connectivity index (χ1n) is 5.92. The second-order valence-electron chi connectivity index (χ2n) is 4.86. The number of hydrogen-bond acceptors (Lipinski definition) is 4. The number of nitro groups is 1. The van der Waals surface area contributed by atoms with Crippen molar-refractivity contribution in [2.45, 2.75) is 38.6 Å². The van der Waals surface area contributed by atoms with E-state index in [4.69, 9.17) is 0 Å². The molecule has 0 aliphatic heterocycles. The van der Waals surface area contributed by atoms with E-state index in [2.05, 4.69) is 4.72 Å². The number of non-ortho nitro benzene ring substituents is 1. The fourth-order valence-corrected chi connectivity index (χ4v) is 3.09. The van der Waals surface area contributed by atoms with Gasteiger partial charge in [0, 0.05) is 18.2 Å². The molecule has 0 aliphatic rings. The Balaban J connectivity index is 3.21. The molecule has 0 saturated heterocycles. The molecule has 19 heavy (non-hydrogen) atoms. The van der Waals surface area contributed by atoms with E-state index in [9.17, 15) is 18.5 Å². The molecule has 0 unspecified atom stereocenters. The third kappa shape index (κ3) is 3.74. The number of hydrogen-bond donors (Lipinski definition) is 1. The van der Waals surface area contributed by atoms with Crippen LogP contribution in [0, 0.1) is 23.0 Å². The molecule has 0 aromatic heterocycles. The van der Waals surface area contributed by atoms with Crippen molar-refractivity contribution in [2.24, 2.45) is 5.92 Å². The van der Waals surface area contributed by atoms with Crippen LogP contribution >= 0.6 is 0 Å². The van der Waals surface area contributed by atoms with E-state index >= 15 is 0 Å². The molecule has 106 valence electrons. The van der Waals surface area contributed by atoms with Crippen LogP contribution in [0.4, 0.5) is 5.69 Å². The number of nitrogens with zero attached hydrogens (tertiary/aromatic N) is 1. The zero-order chi connectivity index (χ0) is 14.8. The molecule has 1 aromatic rings. The molecule has 1 N–H and O–H groups in total. The second kappa shape index (κ2) is 5.66. The van der Waals surface area contributed by atoms with Gasteiger partial charge in [0.1, 0.15) is 0 Å². The largest absolute Gasteiger partial charge is 0.270 e. The standard InChI is InChI=1S/C12H18N2O4S/c1-8(2)10(4)13-19(17,18)12-7-11(14(15)16)6-5-9(12)3/h5-8,10,13H,1-4H3/t10-/m1/s1. The summed E-state index contributed by atoms with van der Waals surface area (Å²) in [5.74, 6) is 0.133. The van der Waals surface area contributed by atoms with E-state index in [1.165, 1.54) is 12.1 Å². The zero-order valence-corrected chi connectivity index (χ0v) is 12.2. The van der Waals surface area contributed by atoms with Gasteiger partial charge in [0.15, 0.2) is 0 Å². The lowest BCUT2D eigenvalue weighted by molar-refractivity contribution is -0.385. The van der Waals surface area contributed by atoms with Crippen molar-refractivity contribution in [3.63, 3.8) is 0 Å². The number of sulfonamides is 1. The highest BCUT2D eigenvalue weighted by Gasteiger charge is 2.23. The van der Waals surface area contributed by atoms with Gasteiger partial charge in [-0.1, -0.05) is 19.9 Å². The molecular weight excluding hydrogens is 268 g/mol. The predicted molar refractivity (Wildman–Crippen MR) is 72.5 cm³/mol. The van der Waals surface area contributed by atoms with E-state index in [1.54, 1.807) is 13.8 Å². The maximum atomic E-state index is 12.2. The molecule has 0 aliphatic carbocycles. The third-order valence-corrected chi connectivity index (χ3v) is 4.71. The monoisotopic (exact) mass is 286 g/mol. The zero-order valence-electron chi connectivity index (χ0n) is 11.4. The topological polar surface area (TPSA) is 89.3 Å². The SMILES string of the molecule is Cc1ccc([N+](=O)[O-])cc1S(=O)(=O)N[C@H](C)C(C)C. The summed E-state index contributed by atoms with van der Waals surface area (Å²) >= 11 is 0. The first-order chi connectivity index (χ1) is 8.65. The Morgan fingerprint density at radius 3 is 2.32 bits per heavy atom. The summed E-state index contributed by atoms with van der Waals surface area (Å²) in [6.07, 6.45) is 0. The van der Waals surface area contributed by atoms with E-state index < -0.39 is 14.9 Å². The van der Waals surface area contributed by atoms with Crippen LogP contribution in [0.5, 0.6) is 0 Å². The quantitative estimate of drug-likeness (QED) is 0.664. The van der Waals surface area contributed by atoms with Crippen LogP contribution in [0.1, 0.15) is 26.3 Å². The lowest BCUT2D eigenvalue weighted by Crippen LogP contribution is -2.36. The molecule has 0 amide bonds. The predicted octanol–water partition coefficient (Wildman–Crippen LogP) is 2.23. The molecule has 6 nitrogen and oxygen atoms in total. The Morgan fingerprint density at radius 1 is 1.26 bits per heavy atom. The van der Waals surface area contributed by atoms with Crippen molar-refractivity contribution >= 4 is 15.7 Å². The van der Waals surface area contributed by atoms with Crippen molar-refractivity contribution in [2.75, 3.05) is 0 Å². The van der Waals surface area contributed by atoms with Crippen molar-refractivity contribution in [1.82, 2.24) is 4.72 Å². The van der Waals surface area contributed by atoms with Crippen LogP contribution in [0.2, 0.25) is 0 Å². The van der Waals surface area contributed by atoms with Gasteiger partial charge in [0.05, 0.1) is 9.82 Å². The summed E-state index contributed by atoms with van der Waals surface area (Å²) in [4.78, 5) is 10.1. The van der Waals surface area contributed by atoms with Crippen LogP contribution < -0.4 is 4.72 Å². The number of benzene rings is 1. The molecular formula is C12H18N2O4S. The van der Waals surface area contributed by atoms with Crippen LogP contribution in [-0.4, -0.2) is 19.4 Å². The van der Waals surface area contributed by atoms with E-state index in [0.717, 1.165) is 6.07 Å². The summed E-state index contributed by atoms with van der Waals surface area (Å²) in [6, 6.07) is 3.57. The van der Waals surface area contributed by atoms with Gasteiger partial charge in [-0.2, -0.15) is 0 Å². The first-order valence-corrected chi connectivity index (χ1v) is 7.41. The Hall–Kier alpha value is -1.47. The van der Waals surface area contributed by atoms with Crippen LogP contribution in [0.25, 0.3) is 0 Å². The van der Waals surface area contributed by atoms with Crippen molar-refractivity contribution in [3.8, 4) is 0 Å². The minimum absolute atomic E-state index is 0.0470. The molecule has 0 radical (unpaired) electrons. The van der Waals surface area contributed by atoms with Crippen LogP contribution in [-0.2, 0) is 10.0 Å². The van der Waals surface area contributed by atoms with Gasteiger partial charge in [0.25, 0.3) is 5.69 Å². The van der Waals surface area contributed by atoms with Gasteiger partial charge >= 0.3 is 0 Å².